The zero-order valence-corrected chi connectivity index (χ0v) is 10.4. The molecule has 0 radical (unpaired) electrons. The first kappa shape index (κ1) is 11.5. The molecular weight excluding hydrogens is 267 g/mol. The summed E-state index contributed by atoms with van der Waals surface area (Å²) < 4.78 is 0.522. The van der Waals surface area contributed by atoms with E-state index in [4.69, 9.17) is 23.2 Å². The van der Waals surface area contributed by atoms with Gasteiger partial charge in [0.1, 0.15) is 5.75 Å². The van der Waals surface area contributed by atoms with Crippen LogP contribution in [-0.2, 0) is 6.54 Å². The van der Waals surface area contributed by atoms with Crippen LogP contribution in [-0.4, -0.2) is 10.1 Å². The number of halogens is 2. The lowest BCUT2D eigenvalue weighted by molar-refractivity contribution is 0.475. The van der Waals surface area contributed by atoms with E-state index in [1.807, 2.05) is 0 Å². The van der Waals surface area contributed by atoms with Crippen molar-refractivity contribution in [3.8, 4) is 5.75 Å². The minimum atomic E-state index is 0.149. The summed E-state index contributed by atoms with van der Waals surface area (Å²) in [5.41, 5.74) is 0.768. The molecule has 2 aromatic rings. The van der Waals surface area contributed by atoms with Crippen LogP contribution >= 0.6 is 34.5 Å². The summed E-state index contributed by atoms with van der Waals surface area (Å²) in [4.78, 5) is 4.96. The van der Waals surface area contributed by atoms with Crippen molar-refractivity contribution in [3.05, 3.63) is 38.8 Å². The van der Waals surface area contributed by atoms with Gasteiger partial charge < -0.3 is 10.4 Å². The van der Waals surface area contributed by atoms with Crippen LogP contribution in [0.5, 0.6) is 5.75 Å². The number of aromatic hydroxyl groups is 1. The Morgan fingerprint density at radius 2 is 2.19 bits per heavy atom. The van der Waals surface area contributed by atoms with Gasteiger partial charge in [0.05, 0.1) is 17.3 Å². The summed E-state index contributed by atoms with van der Waals surface area (Å²) in [5, 5.41) is 12.8. The predicted molar refractivity (Wildman–Crippen MR) is 67.6 cm³/mol. The molecule has 0 spiro atoms. The number of benzene rings is 1. The molecule has 0 amide bonds. The number of phenols is 1. The fourth-order valence-corrected chi connectivity index (χ4v) is 2.35. The molecule has 84 valence electrons. The molecule has 0 saturated carbocycles. The highest BCUT2D eigenvalue weighted by Crippen LogP contribution is 2.27. The third-order valence-electron chi connectivity index (χ3n) is 1.93. The van der Waals surface area contributed by atoms with Gasteiger partial charge in [-0.15, -0.1) is 11.3 Å². The molecule has 1 heterocycles. The molecule has 2 rings (SSSR count). The number of phenolic OH excluding ortho intramolecular Hbond substituents is 1. The van der Waals surface area contributed by atoms with Gasteiger partial charge in [-0.05, 0) is 12.1 Å². The average Bonchev–Trinajstić information content (AvgIpc) is 2.63. The van der Waals surface area contributed by atoms with Crippen LogP contribution in [0.15, 0.2) is 24.4 Å². The first-order chi connectivity index (χ1) is 7.65. The first-order valence-corrected chi connectivity index (χ1v) is 6.05. The summed E-state index contributed by atoms with van der Waals surface area (Å²) >= 11 is 13.1. The second-order valence-electron chi connectivity index (χ2n) is 3.10. The van der Waals surface area contributed by atoms with Crippen molar-refractivity contribution in [1.82, 2.24) is 4.98 Å². The molecule has 0 saturated heterocycles. The Morgan fingerprint density at radius 1 is 1.38 bits per heavy atom. The molecule has 2 N–H and O–H groups in total. The highest BCUT2D eigenvalue weighted by molar-refractivity contribution is 7.15. The van der Waals surface area contributed by atoms with Crippen LogP contribution in [0.1, 0.15) is 4.88 Å². The Balaban J connectivity index is 2.04. The van der Waals surface area contributed by atoms with E-state index in [1.54, 1.807) is 18.3 Å². The molecule has 0 unspecified atom stereocenters. The average molecular weight is 275 g/mol. The van der Waals surface area contributed by atoms with Crippen LogP contribution in [0.25, 0.3) is 0 Å². The largest absolute Gasteiger partial charge is 0.508 e. The van der Waals surface area contributed by atoms with Gasteiger partial charge in [0.15, 0.2) is 4.47 Å². The molecule has 1 aromatic heterocycles. The van der Waals surface area contributed by atoms with Crippen LogP contribution in [0.4, 0.5) is 5.69 Å². The quantitative estimate of drug-likeness (QED) is 0.838. The molecule has 0 fully saturated rings. The van der Waals surface area contributed by atoms with Crippen molar-refractivity contribution < 1.29 is 5.11 Å². The minimum absolute atomic E-state index is 0.149. The summed E-state index contributed by atoms with van der Waals surface area (Å²) in [5.74, 6) is 0.149. The second kappa shape index (κ2) is 4.91. The standard InChI is InChI=1S/C10H8Cl2N2OS/c11-8-3-6(15)1-2-9(8)13-4-7-5-14-10(12)16-7/h1-3,5,13,15H,4H2. The molecular formula is C10H8Cl2N2OS. The van der Waals surface area contributed by atoms with Crippen molar-refractivity contribution in [2.75, 3.05) is 5.32 Å². The maximum atomic E-state index is 9.19. The van der Waals surface area contributed by atoms with E-state index in [9.17, 15) is 5.11 Å². The van der Waals surface area contributed by atoms with Crippen molar-refractivity contribution in [3.63, 3.8) is 0 Å². The Labute approximate surface area is 107 Å². The summed E-state index contributed by atoms with van der Waals surface area (Å²) in [6, 6.07) is 4.79. The molecule has 16 heavy (non-hydrogen) atoms. The maximum absolute atomic E-state index is 9.19. The van der Waals surface area contributed by atoms with E-state index in [0.29, 0.717) is 16.0 Å². The summed E-state index contributed by atoms with van der Waals surface area (Å²) in [6.45, 7) is 0.606. The molecule has 3 nitrogen and oxygen atoms in total. The van der Waals surface area contributed by atoms with Crippen molar-refractivity contribution in [2.45, 2.75) is 6.54 Å². The Morgan fingerprint density at radius 3 is 2.81 bits per heavy atom. The number of thiazole rings is 1. The predicted octanol–water partition coefficient (Wildman–Crippen LogP) is 3.77. The number of hydrogen-bond acceptors (Lipinski definition) is 4. The van der Waals surface area contributed by atoms with Gasteiger partial charge >= 0.3 is 0 Å². The number of rotatable bonds is 3. The normalized spacial score (nSPS) is 10.4. The lowest BCUT2D eigenvalue weighted by atomic mass is 10.3. The van der Waals surface area contributed by atoms with E-state index in [0.717, 1.165) is 10.6 Å². The summed E-state index contributed by atoms with van der Waals surface area (Å²) in [6.07, 6.45) is 1.72. The topological polar surface area (TPSA) is 45.1 Å². The van der Waals surface area contributed by atoms with Gasteiger partial charge in [0.2, 0.25) is 0 Å². The second-order valence-corrected chi connectivity index (χ2v) is 5.20. The van der Waals surface area contributed by atoms with Gasteiger partial charge in [0.25, 0.3) is 0 Å². The number of aromatic nitrogens is 1. The first-order valence-electron chi connectivity index (χ1n) is 4.48. The SMILES string of the molecule is Oc1ccc(NCc2cnc(Cl)s2)c(Cl)c1. The van der Waals surface area contributed by atoms with E-state index < -0.39 is 0 Å². The van der Waals surface area contributed by atoms with E-state index >= 15 is 0 Å². The smallest absolute Gasteiger partial charge is 0.183 e. The van der Waals surface area contributed by atoms with Crippen LogP contribution < -0.4 is 5.32 Å². The Bertz CT molecular complexity index is 501. The van der Waals surface area contributed by atoms with Crippen LogP contribution in [0.2, 0.25) is 9.49 Å². The third-order valence-corrected chi connectivity index (χ3v) is 3.36. The highest BCUT2D eigenvalue weighted by atomic mass is 35.5. The molecule has 0 bridgehead atoms. The molecule has 1 aromatic carbocycles. The number of hydrogen-bond donors (Lipinski definition) is 2. The van der Waals surface area contributed by atoms with Gasteiger partial charge in [-0.2, -0.15) is 0 Å². The maximum Gasteiger partial charge on any atom is 0.183 e. The monoisotopic (exact) mass is 274 g/mol. The molecule has 0 atom stereocenters. The van der Waals surface area contributed by atoms with Crippen molar-refractivity contribution >= 4 is 40.2 Å². The van der Waals surface area contributed by atoms with E-state index in [1.165, 1.54) is 17.4 Å². The highest BCUT2D eigenvalue weighted by Gasteiger charge is 2.03. The van der Waals surface area contributed by atoms with Gasteiger partial charge in [0, 0.05) is 17.1 Å². The fourth-order valence-electron chi connectivity index (χ4n) is 1.20. The van der Waals surface area contributed by atoms with Crippen LogP contribution in [0.3, 0.4) is 0 Å². The van der Waals surface area contributed by atoms with E-state index in [2.05, 4.69) is 10.3 Å². The molecule has 0 aliphatic carbocycles. The Hall–Kier alpha value is -0.970. The van der Waals surface area contributed by atoms with Gasteiger partial charge in [-0.25, -0.2) is 4.98 Å². The molecule has 6 heteroatoms. The fraction of sp³-hybridized carbons (Fsp3) is 0.100. The third kappa shape index (κ3) is 2.78. The van der Waals surface area contributed by atoms with Crippen molar-refractivity contribution in [2.24, 2.45) is 0 Å². The zero-order valence-electron chi connectivity index (χ0n) is 8.08. The number of nitrogens with one attached hydrogen (secondary N) is 1. The number of nitrogens with zero attached hydrogens (tertiary/aromatic N) is 1. The zero-order chi connectivity index (χ0) is 11.5. The van der Waals surface area contributed by atoms with E-state index in [-0.39, 0.29) is 5.75 Å². The lowest BCUT2D eigenvalue weighted by Gasteiger charge is -2.06. The van der Waals surface area contributed by atoms with Gasteiger partial charge in [-0.3, -0.25) is 0 Å². The summed E-state index contributed by atoms with van der Waals surface area (Å²) in [7, 11) is 0. The van der Waals surface area contributed by atoms with Gasteiger partial charge in [-0.1, -0.05) is 23.2 Å². The van der Waals surface area contributed by atoms with Crippen LogP contribution in [0, 0.1) is 0 Å². The Kier molecular flexibility index (Phi) is 3.53. The number of anilines is 1. The molecule has 0 aliphatic rings. The van der Waals surface area contributed by atoms with Crippen molar-refractivity contribution in [1.29, 1.82) is 0 Å². The molecule has 0 aliphatic heterocycles. The lowest BCUT2D eigenvalue weighted by Crippen LogP contribution is -1.97. The minimum Gasteiger partial charge on any atom is -0.508 e.